The topological polar surface area (TPSA) is 62.3 Å². The number of anilines is 2. The summed E-state index contributed by atoms with van der Waals surface area (Å²) >= 11 is 0. The molecule has 0 fully saturated rings. The van der Waals surface area contributed by atoms with Gasteiger partial charge in [0.05, 0.1) is 17.6 Å². The molecule has 0 aliphatic heterocycles. The Morgan fingerprint density at radius 1 is 1.14 bits per heavy atom. The molecule has 0 unspecified atom stereocenters. The highest BCUT2D eigenvalue weighted by Crippen LogP contribution is 2.16. The van der Waals surface area contributed by atoms with Gasteiger partial charge >= 0.3 is 0 Å². The summed E-state index contributed by atoms with van der Waals surface area (Å²) in [6, 6.07) is 13.7. The number of benzene rings is 1. The third-order valence-electron chi connectivity index (χ3n) is 3.15. The first kappa shape index (κ1) is 16.3. The molecule has 0 saturated heterocycles. The Bertz CT molecular complexity index is 685. The molecule has 2 rings (SSSR count). The van der Waals surface area contributed by atoms with Gasteiger partial charge < -0.3 is 4.90 Å². The Morgan fingerprint density at radius 2 is 1.86 bits per heavy atom. The maximum absolute atomic E-state index is 11.7. The number of hydrogen-bond acceptors (Lipinski definition) is 4. The van der Waals surface area contributed by atoms with Gasteiger partial charge in [0.25, 0.3) is 0 Å². The number of rotatable bonds is 7. The van der Waals surface area contributed by atoms with E-state index in [2.05, 4.69) is 21.8 Å². The van der Waals surface area contributed by atoms with Gasteiger partial charge in [0.1, 0.15) is 5.82 Å². The van der Waals surface area contributed by atoms with Crippen LogP contribution in [0.4, 0.5) is 11.5 Å². The second-order valence-electron chi connectivity index (χ2n) is 5.17. The molecule has 2 aromatic rings. The summed E-state index contributed by atoms with van der Waals surface area (Å²) in [5.41, 5.74) is 1.69. The van der Waals surface area contributed by atoms with Crippen LogP contribution in [-0.2, 0) is 16.6 Å². The second-order valence-corrected chi connectivity index (χ2v) is 7.01. The Hall–Kier alpha value is -2.08. The molecular weight excluding hydrogens is 298 g/mol. The van der Waals surface area contributed by atoms with E-state index in [1.807, 2.05) is 43.1 Å². The summed E-state index contributed by atoms with van der Waals surface area (Å²) in [4.78, 5) is 6.33. The number of sulfonamides is 1. The van der Waals surface area contributed by atoms with Crippen molar-refractivity contribution in [2.24, 2.45) is 0 Å². The number of pyridine rings is 1. The molecule has 0 radical (unpaired) electrons. The van der Waals surface area contributed by atoms with Crippen LogP contribution in [-0.4, -0.2) is 26.2 Å². The Balaban J connectivity index is 2.02. The maximum atomic E-state index is 11.7. The van der Waals surface area contributed by atoms with Crippen molar-refractivity contribution in [3.63, 3.8) is 0 Å². The Labute approximate surface area is 132 Å². The van der Waals surface area contributed by atoms with Crippen molar-refractivity contribution in [3.8, 4) is 0 Å². The first-order valence-corrected chi connectivity index (χ1v) is 8.87. The first-order chi connectivity index (χ1) is 10.5. The van der Waals surface area contributed by atoms with Gasteiger partial charge in [-0.2, -0.15) is 0 Å². The average Bonchev–Trinajstić information content (AvgIpc) is 2.48. The Morgan fingerprint density at radius 3 is 2.45 bits per heavy atom. The quantitative estimate of drug-likeness (QED) is 0.852. The summed E-state index contributed by atoms with van der Waals surface area (Å²) in [5.74, 6) is 0.908. The highest BCUT2D eigenvalue weighted by molar-refractivity contribution is 7.92. The highest BCUT2D eigenvalue weighted by atomic mass is 32.2. The molecule has 1 aromatic heterocycles. The van der Waals surface area contributed by atoms with E-state index in [-0.39, 0.29) is 5.75 Å². The van der Waals surface area contributed by atoms with E-state index in [4.69, 9.17) is 0 Å². The molecule has 0 aliphatic rings. The van der Waals surface area contributed by atoms with E-state index in [1.54, 1.807) is 12.3 Å². The lowest BCUT2D eigenvalue weighted by atomic mass is 10.2. The molecule has 0 spiro atoms. The normalized spacial score (nSPS) is 11.2. The molecule has 0 saturated carbocycles. The SMILES string of the molecule is CCCS(=O)(=O)Nc1ccc(N(C)Cc2ccccc2)nc1. The summed E-state index contributed by atoms with van der Waals surface area (Å²) < 4.78 is 25.9. The molecule has 0 amide bonds. The van der Waals surface area contributed by atoms with Crippen molar-refractivity contribution in [1.82, 2.24) is 4.98 Å². The van der Waals surface area contributed by atoms with E-state index in [1.165, 1.54) is 5.56 Å². The fourth-order valence-corrected chi connectivity index (χ4v) is 3.23. The van der Waals surface area contributed by atoms with Crippen LogP contribution < -0.4 is 9.62 Å². The van der Waals surface area contributed by atoms with Crippen molar-refractivity contribution < 1.29 is 8.42 Å². The third kappa shape index (κ3) is 4.73. The fraction of sp³-hybridized carbons (Fsp3) is 0.312. The van der Waals surface area contributed by atoms with Gasteiger partial charge in [0.2, 0.25) is 10.0 Å². The lowest BCUT2D eigenvalue weighted by Gasteiger charge is -2.18. The van der Waals surface area contributed by atoms with Gasteiger partial charge in [-0.15, -0.1) is 0 Å². The fourth-order valence-electron chi connectivity index (χ4n) is 2.11. The van der Waals surface area contributed by atoms with E-state index < -0.39 is 10.0 Å². The molecule has 1 N–H and O–H groups in total. The third-order valence-corrected chi connectivity index (χ3v) is 4.64. The van der Waals surface area contributed by atoms with Crippen LogP contribution in [0.1, 0.15) is 18.9 Å². The second kappa shape index (κ2) is 7.26. The van der Waals surface area contributed by atoms with Gasteiger partial charge in [-0.1, -0.05) is 37.3 Å². The lowest BCUT2D eigenvalue weighted by molar-refractivity contribution is 0.600. The monoisotopic (exact) mass is 319 g/mol. The van der Waals surface area contributed by atoms with E-state index >= 15 is 0 Å². The van der Waals surface area contributed by atoms with Crippen molar-refractivity contribution in [1.29, 1.82) is 0 Å². The standard InChI is InChI=1S/C16H21N3O2S/c1-3-11-22(20,21)18-15-9-10-16(17-12-15)19(2)13-14-7-5-4-6-8-14/h4-10,12,18H,3,11,13H2,1-2H3. The molecule has 0 aliphatic carbocycles. The van der Waals surface area contributed by atoms with Gasteiger partial charge in [-0.05, 0) is 24.1 Å². The van der Waals surface area contributed by atoms with Gasteiger partial charge in [0, 0.05) is 13.6 Å². The average molecular weight is 319 g/mol. The smallest absolute Gasteiger partial charge is 0.232 e. The number of aromatic nitrogens is 1. The summed E-state index contributed by atoms with van der Waals surface area (Å²) in [7, 11) is -1.32. The van der Waals surface area contributed by atoms with Crippen molar-refractivity contribution in [2.45, 2.75) is 19.9 Å². The first-order valence-electron chi connectivity index (χ1n) is 7.22. The summed E-state index contributed by atoms with van der Waals surface area (Å²) in [5, 5.41) is 0. The number of hydrogen-bond donors (Lipinski definition) is 1. The molecule has 1 aromatic carbocycles. The lowest BCUT2D eigenvalue weighted by Crippen LogP contribution is -2.18. The van der Waals surface area contributed by atoms with E-state index in [0.717, 1.165) is 12.4 Å². The minimum absolute atomic E-state index is 0.114. The van der Waals surface area contributed by atoms with Crippen molar-refractivity contribution >= 4 is 21.5 Å². The van der Waals surface area contributed by atoms with Crippen molar-refractivity contribution in [2.75, 3.05) is 22.4 Å². The van der Waals surface area contributed by atoms with Crippen molar-refractivity contribution in [3.05, 3.63) is 54.2 Å². The van der Waals surface area contributed by atoms with Gasteiger partial charge in [0.15, 0.2) is 0 Å². The molecule has 6 heteroatoms. The van der Waals surface area contributed by atoms with Gasteiger partial charge in [-0.3, -0.25) is 4.72 Å². The number of nitrogens with one attached hydrogen (secondary N) is 1. The van der Waals surface area contributed by atoms with Crippen LogP contribution in [0.25, 0.3) is 0 Å². The molecule has 1 heterocycles. The number of nitrogens with zero attached hydrogens (tertiary/aromatic N) is 2. The van der Waals surface area contributed by atoms with Crippen LogP contribution in [0.5, 0.6) is 0 Å². The predicted molar refractivity (Wildman–Crippen MR) is 90.5 cm³/mol. The largest absolute Gasteiger partial charge is 0.355 e. The van der Waals surface area contributed by atoms with Crippen LogP contribution >= 0.6 is 0 Å². The minimum Gasteiger partial charge on any atom is -0.355 e. The zero-order valence-corrected chi connectivity index (χ0v) is 13.7. The highest BCUT2D eigenvalue weighted by Gasteiger charge is 2.09. The van der Waals surface area contributed by atoms with Crippen LogP contribution in [0.15, 0.2) is 48.7 Å². The molecule has 22 heavy (non-hydrogen) atoms. The molecule has 5 nitrogen and oxygen atoms in total. The van der Waals surface area contributed by atoms with Crippen LogP contribution in [0, 0.1) is 0 Å². The molecular formula is C16H21N3O2S. The maximum Gasteiger partial charge on any atom is 0.232 e. The van der Waals surface area contributed by atoms with Crippen LogP contribution in [0.3, 0.4) is 0 Å². The predicted octanol–water partition coefficient (Wildman–Crippen LogP) is 2.87. The van der Waals surface area contributed by atoms with Gasteiger partial charge in [-0.25, -0.2) is 13.4 Å². The molecule has 0 bridgehead atoms. The van der Waals surface area contributed by atoms with E-state index in [0.29, 0.717) is 12.1 Å². The Kier molecular flexibility index (Phi) is 5.38. The van der Waals surface area contributed by atoms with E-state index in [9.17, 15) is 8.42 Å². The zero-order valence-electron chi connectivity index (χ0n) is 12.9. The van der Waals surface area contributed by atoms with Crippen LogP contribution in [0.2, 0.25) is 0 Å². The summed E-state index contributed by atoms with van der Waals surface area (Å²) in [6.45, 7) is 2.58. The summed E-state index contributed by atoms with van der Waals surface area (Å²) in [6.07, 6.45) is 2.13. The molecule has 118 valence electrons. The minimum atomic E-state index is -3.27. The molecule has 0 atom stereocenters. The zero-order chi connectivity index (χ0) is 16.0.